The fourth-order valence-electron chi connectivity index (χ4n) is 1.37. The molecule has 0 aromatic carbocycles. The van der Waals surface area contributed by atoms with E-state index in [2.05, 4.69) is 43.4 Å². The first-order valence-electron chi connectivity index (χ1n) is 5.45. The van der Waals surface area contributed by atoms with Crippen LogP contribution < -0.4 is 5.32 Å². The molecule has 0 amide bonds. The van der Waals surface area contributed by atoms with E-state index in [1.807, 2.05) is 4.68 Å². The van der Waals surface area contributed by atoms with Gasteiger partial charge >= 0.3 is 0 Å². The maximum atomic E-state index is 4.48. The fraction of sp³-hybridized carbons (Fsp3) is 0.727. The molecule has 0 spiro atoms. The van der Waals surface area contributed by atoms with Gasteiger partial charge in [0.1, 0.15) is 0 Å². The number of hydrogen-bond donors (Lipinski definition) is 1. The minimum atomic E-state index is 0. The van der Waals surface area contributed by atoms with Crippen LogP contribution in [0.5, 0.6) is 0 Å². The van der Waals surface area contributed by atoms with E-state index in [1.165, 1.54) is 6.42 Å². The van der Waals surface area contributed by atoms with Crippen LogP contribution in [0.4, 0.5) is 0 Å². The Labute approximate surface area is 98.7 Å². The molecule has 0 fully saturated rings. The Kier molecular flexibility index (Phi) is 7.44. The first-order chi connectivity index (χ1) is 6.72. The van der Waals surface area contributed by atoms with E-state index in [9.17, 15) is 0 Å². The fourth-order valence-corrected chi connectivity index (χ4v) is 1.37. The highest BCUT2D eigenvalue weighted by atomic mass is 35.5. The molecule has 0 aliphatic rings. The zero-order valence-corrected chi connectivity index (χ0v) is 10.7. The largest absolute Gasteiger partial charge is 0.311 e. The minimum absolute atomic E-state index is 0. The van der Waals surface area contributed by atoms with Gasteiger partial charge in [0.15, 0.2) is 0 Å². The van der Waals surface area contributed by atoms with Crippen molar-refractivity contribution in [3.8, 4) is 0 Å². The van der Waals surface area contributed by atoms with Gasteiger partial charge in [-0.05, 0) is 24.9 Å². The highest BCUT2D eigenvalue weighted by Crippen LogP contribution is 2.00. The van der Waals surface area contributed by atoms with Crippen molar-refractivity contribution in [1.29, 1.82) is 0 Å². The Morgan fingerprint density at radius 3 is 2.80 bits per heavy atom. The number of nitrogens with one attached hydrogen (secondary N) is 1. The lowest BCUT2D eigenvalue weighted by Gasteiger charge is -2.04. The van der Waals surface area contributed by atoms with Crippen LogP contribution in [0.2, 0.25) is 0 Å². The van der Waals surface area contributed by atoms with Gasteiger partial charge in [-0.25, -0.2) is 0 Å². The predicted octanol–water partition coefficient (Wildman–Crippen LogP) is 2.46. The second-order valence-corrected chi connectivity index (χ2v) is 4.10. The summed E-state index contributed by atoms with van der Waals surface area (Å²) in [7, 11) is 0. The Hall–Kier alpha value is -0.540. The Morgan fingerprint density at radius 2 is 2.20 bits per heavy atom. The van der Waals surface area contributed by atoms with Crippen molar-refractivity contribution in [3.05, 3.63) is 18.0 Å². The molecule has 4 heteroatoms. The van der Waals surface area contributed by atoms with E-state index in [1.54, 1.807) is 0 Å². The summed E-state index contributed by atoms with van der Waals surface area (Å²) in [6.45, 7) is 9.54. The first kappa shape index (κ1) is 14.5. The van der Waals surface area contributed by atoms with Crippen LogP contribution >= 0.6 is 12.4 Å². The van der Waals surface area contributed by atoms with Gasteiger partial charge in [-0.15, -0.1) is 12.4 Å². The molecule has 1 aromatic heterocycles. The molecular formula is C11H22ClN3. The maximum absolute atomic E-state index is 4.48. The van der Waals surface area contributed by atoms with Crippen LogP contribution in [0.1, 0.15) is 32.9 Å². The Morgan fingerprint density at radius 1 is 1.47 bits per heavy atom. The zero-order chi connectivity index (χ0) is 10.4. The summed E-state index contributed by atoms with van der Waals surface area (Å²) in [5.41, 5.74) is 1.14. The average Bonchev–Trinajstić information content (AvgIpc) is 2.52. The van der Waals surface area contributed by atoms with Crippen LogP contribution in [0.15, 0.2) is 12.3 Å². The van der Waals surface area contributed by atoms with E-state index in [4.69, 9.17) is 0 Å². The third kappa shape index (κ3) is 5.80. The van der Waals surface area contributed by atoms with Crippen LogP contribution in [-0.4, -0.2) is 16.3 Å². The Bertz CT molecular complexity index is 258. The molecule has 0 atom stereocenters. The van der Waals surface area contributed by atoms with Crippen molar-refractivity contribution in [2.75, 3.05) is 6.54 Å². The molecule has 15 heavy (non-hydrogen) atoms. The summed E-state index contributed by atoms with van der Waals surface area (Å²) >= 11 is 0. The summed E-state index contributed by atoms with van der Waals surface area (Å²) < 4.78 is 2.02. The molecule has 1 rings (SSSR count). The first-order valence-corrected chi connectivity index (χ1v) is 5.45. The molecule has 0 aliphatic carbocycles. The van der Waals surface area contributed by atoms with Gasteiger partial charge in [0.2, 0.25) is 0 Å². The number of halogens is 1. The van der Waals surface area contributed by atoms with Crippen LogP contribution in [0, 0.1) is 5.92 Å². The van der Waals surface area contributed by atoms with Crippen molar-refractivity contribution in [3.63, 3.8) is 0 Å². The van der Waals surface area contributed by atoms with Crippen molar-refractivity contribution in [2.45, 2.75) is 40.3 Å². The third-order valence-electron chi connectivity index (χ3n) is 1.98. The van der Waals surface area contributed by atoms with Crippen molar-refractivity contribution < 1.29 is 0 Å². The lowest BCUT2D eigenvalue weighted by Crippen LogP contribution is -2.14. The molecule has 88 valence electrons. The van der Waals surface area contributed by atoms with Crippen LogP contribution in [0.3, 0.4) is 0 Å². The molecule has 0 aliphatic heterocycles. The van der Waals surface area contributed by atoms with Crippen molar-refractivity contribution in [1.82, 2.24) is 15.1 Å². The van der Waals surface area contributed by atoms with Crippen molar-refractivity contribution >= 4 is 12.4 Å². The van der Waals surface area contributed by atoms with Gasteiger partial charge in [-0.3, -0.25) is 4.68 Å². The third-order valence-corrected chi connectivity index (χ3v) is 1.98. The topological polar surface area (TPSA) is 29.9 Å². The van der Waals surface area contributed by atoms with E-state index < -0.39 is 0 Å². The lowest BCUT2D eigenvalue weighted by atomic mass is 10.2. The quantitative estimate of drug-likeness (QED) is 0.763. The monoisotopic (exact) mass is 231 g/mol. The molecule has 1 heterocycles. The maximum Gasteiger partial charge on any atom is 0.0762 e. The number of rotatable bonds is 6. The highest BCUT2D eigenvalue weighted by molar-refractivity contribution is 5.85. The second-order valence-electron chi connectivity index (χ2n) is 4.10. The summed E-state index contributed by atoms with van der Waals surface area (Å²) in [4.78, 5) is 0. The molecule has 0 unspecified atom stereocenters. The summed E-state index contributed by atoms with van der Waals surface area (Å²) in [6, 6.07) is 2.09. The summed E-state index contributed by atoms with van der Waals surface area (Å²) in [5.74, 6) is 0.659. The predicted molar refractivity (Wildman–Crippen MR) is 66.3 cm³/mol. The summed E-state index contributed by atoms with van der Waals surface area (Å²) in [5, 5.41) is 7.82. The molecular weight excluding hydrogens is 210 g/mol. The molecule has 0 saturated heterocycles. The van der Waals surface area contributed by atoms with E-state index >= 15 is 0 Å². The highest BCUT2D eigenvalue weighted by Gasteiger charge is 2.00. The van der Waals surface area contributed by atoms with Gasteiger partial charge < -0.3 is 5.32 Å². The minimum Gasteiger partial charge on any atom is -0.311 e. The number of nitrogens with zero attached hydrogens (tertiary/aromatic N) is 2. The van der Waals surface area contributed by atoms with Crippen molar-refractivity contribution in [2.24, 2.45) is 5.92 Å². The van der Waals surface area contributed by atoms with E-state index in [-0.39, 0.29) is 12.4 Å². The molecule has 0 radical (unpaired) electrons. The second kappa shape index (κ2) is 7.71. The van der Waals surface area contributed by atoms with Crippen LogP contribution in [-0.2, 0) is 13.1 Å². The SMILES string of the molecule is CCCNCc1ccn(CC(C)C)n1.Cl. The molecule has 0 saturated carbocycles. The normalized spacial score (nSPS) is 10.4. The molecule has 1 N–H and O–H groups in total. The molecule has 3 nitrogen and oxygen atoms in total. The van der Waals surface area contributed by atoms with Gasteiger partial charge in [0.25, 0.3) is 0 Å². The smallest absolute Gasteiger partial charge is 0.0762 e. The van der Waals surface area contributed by atoms with Crippen LogP contribution in [0.25, 0.3) is 0 Å². The van der Waals surface area contributed by atoms with E-state index in [0.29, 0.717) is 5.92 Å². The van der Waals surface area contributed by atoms with Gasteiger partial charge in [-0.2, -0.15) is 5.10 Å². The number of hydrogen-bond acceptors (Lipinski definition) is 2. The van der Waals surface area contributed by atoms with Gasteiger partial charge in [0.05, 0.1) is 5.69 Å². The lowest BCUT2D eigenvalue weighted by molar-refractivity contribution is 0.477. The molecule has 1 aromatic rings. The summed E-state index contributed by atoms with van der Waals surface area (Å²) in [6.07, 6.45) is 3.23. The number of aromatic nitrogens is 2. The van der Waals surface area contributed by atoms with Gasteiger partial charge in [0, 0.05) is 19.3 Å². The average molecular weight is 232 g/mol. The Balaban J connectivity index is 0.00000196. The van der Waals surface area contributed by atoms with E-state index in [0.717, 1.165) is 25.3 Å². The molecule has 0 bridgehead atoms. The van der Waals surface area contributed by atoms with Gasteiger partial charge in [-0.1, -0.05) is 20.8 Å². The zero-order valence-electron chi connectivity index (χ0n) is 9.86. The standard InChI is InChI=1S/C11H21N3.ClH/c1-4-6-12-8-11-5-7-14(13-11)9-10(2)3;/h5,7,10,12H,4,6,8-9H2,1-3H3;1H.